The van der Waals surface area contributed by atoms with E-state index in [9.17, 15) is 4.79 Å². The second kappa shape index (κ2) is 8.15. The van der Waals surface area contributed by atoms with Crippen molar-refractivity contribution in [1.29, 1.82) is 0 Å². The van der Waals surface area contributed by atoms with Gasteiger partial charge >= 0.3 is 0 Å². The predicted octanol–water partition coefficient (Wildman–Crippen LogP) is 2.62. The fraction of sp³-hybridized carbons (Fsp3) is 0.684. The Balaban J connectivity index is 1.68. The summed E-state index contributed by atoms with van der Waals surface area (Å²) >= 11 is 0. The molecule has 0 aliphatic carbocycles. The highest BCUT2D eigenvalue weighted by atomic mass is 16.5. The Morgan fingerprint density at radius 2 is 2.04 bits per heavy atom. The molecule has 1 aromatic rings. The van der Waals surface area contributed by atoms with Gasteiger partial charge in [0.25, 0.3) is 0 Å². The molecule has 2 saturated heterocycles. The third kappa shape index (κ3) is 4.30. The molecule has 0 aromatic carbocycles. The molecule has 3 rings (SSSR count). The highest BCUT2D eigenvalue weighted by Gasteiger charge is 2.34. The van der Waals surface area contributed by atoms with E-state index in [1.807, 2.05) is 19.1 Å². The van der Waals surface area contributed by atoms with Gasteiger partial charge in [0.2, 0.25) is 5.91 Å². The lowest BCUT2D eigenvalue weighted by atomic mass is 9.86. The molecule has 0 saturated carbocycles. The van der Waals surface area contributed by atoms with Gasteiger partial charge in [0.05, 0.1) is 36.6 Å². The smallest absolute Gasteiger partial charge is 0.230 e. The van der Waals surface area contributed by atoms with Gasteiger partial charge in [0.15, 0.2) is 0 Å². The molecule has 25 heavy (non-hydrogen) atoms. The van der Waals surface area contributed by atoms with Crippen LogP contribution in [0.3, 0.4) is 0 Å². The number of anilines is 2. The van der Waals surface area contributed by atoms with Crippen LogP contribution in [0.25, 0.3) is 0 Å². The number of hydrogen-bond acceptors (Lipinski definition) is 5. The molecule has 6 nitrogen and oxygen atoms in total. The van der Waals surface area contributed by atoms with E-state index >= 15 is 0 Å². The maximum absolute atomic E-state index is 12.8. The quantitative estimate of drug-likeness (QED) is 0.907. The monoisotopic (exact) mass is 347 g/mol. The van der Waals surface area contributed by atoms with Crippen molar-refractivity contribution in [2.45, 2.75) is 39.7 Å². The number of amides is 1. The average Bonchev–Trinajstić information content (AvgIpc) is 2.64. The van der Waals surface area contributed by atoms with Gasteiger partial charge in [0.1, 0.15) is 5.82 Å². The van der Waals surface area contributed by atoms with Gasteiger partial charge in [-0.3, -0.25) is 4.79 Å². The number of nitrogens with zero attached hydrogens (tertiary/aromatic N) is 2. The summed E-state index contributed by atoms with van der Waals surface area (Å²) in [6, 6.07) is 3.93. The Kier molecular flexibility index (Phi) is 5.91. The van der Waals surface area contributed by atoms with Crippen LogP contribution in [-0.2, 0) is 14.3 Å². The largest absolute Gasteiger partial charge is 0.378 e. The maximum atomic E-state index is 12.8. The first kappa shape index (κ1) is 18.1. The van der Waals surface area contributed by atoms with Crippen molar-refractivity contribution in [1.82, 2.24) is 4.98 Å². The van der Waals surface area contributed by atoms with Crippen LogP contribution in [0.1, 0.15) is 32.4 Å². The molecule has 2 aliphatic rings. The molecule has 0 unspecified atom stereocenters. The van der Waals surface area contributed by atoms with E-state index in [-0.39, 0.29) is 17.9 Å². The van der Waals surface area contributed by atoms with Crippen molar-refractivity contribution in [3.8, 4) is 0 Å². The van der Waals surface area contributed by atoms with E-state index in [1.165, 1.54) is 0 Å². The summed E-state index contributed by atoms with van der Waals surface area (Å²) in [5, 5.41) is 3.07. The first-order chi connectivity index (χ1) is 12.1. The Hall–Kier alpha value is -1.66. The SMILES string of the molecule is Cc1nc(N2CCOCC2)ccc1NC(=O)[C@@H]1CCCO[C@@H]1C(C)C. The maximum Gasteiger partial charge on any atom is 0.230 e. The van der Waals surface area contributed by atoms with Crippen LogP contribution in [0.2, 0.25) is 0 Å². The van der Waals surface area contributed by atoms with E-state index in [2.05, 4.69) is 29.0 Å². The van der Waals surface area contributed by atoms with Crippen LogP contribution in [0.15, 0.2) is 12.1 Å². The zero-order valence-electron chi connectivity index (χ0n) is 15.5. The number of hydrogen-bond donors (Lipinski definition) is 1. The van der Waals surface area contributed by atoms with Crippen molar-refractivity contribution in [3.63, 3.8) is 0 Å². The van der Waals surface area contributed by atoms with Crippen molar-refractivity contribution < 1.29 is 14.3 Å². The average molecular weight is 347 g/mol. The molecule has 0 radical (unpaired) electrons. The van der Waals surface area contributed by atoms with Crippen LogP contribution >= 0.6 is 0 Å². The summed E-state index contributed by atoms with van der Waals surface area (Å²) in [5.74, 6) is 1.23. The Morgan fingerprint density at radius 1 is 1.28 bits per heavy atom. The van der Waals surface area contributed by atoms with E-state index in [0.717, 1.165) is 63.0 Å². The third-order valence-electron chi connectivity index (χ3n) is 5.02. The number of nitrogens with one attached hydrogen (secondary N) is 1. The fourth-order valence-corrected chi connectivity index (χ4v) is 3.61. The first-order valence-corrected chi connectivity index (χ1v) is 9.29. The zero-order valence-corrected chi connectivity index (χ0v) is 15.5. The molecule has 2 atom stereocenters. The van der Waals surface area contributed by atoms with Gasteiger partial charge < -0.3 is 19.7 Å². The highest BCUT2D eigenvalue weighted by molar-refractivity contribution is 5.93. The number of rotatable bonds is 4. The Morgan fingerprint density at radius 3 is 2.72 bits per heavy atom. The van der Waals surface area contributed by atoms with Crippen molar-refractivity contribution in [3.05, 3.63) is 17.8 Å². The van der Waals surface area contributed by atoms with Crippen molar-refractivity contribution in [2.75, 3.05) is 43.1 Å². The van der Waals surface area contributed by atoms with Gasteiger partial charge in [-0.2, -0.15) is 0 Å². The molecule has 6 heteroatoms. The molecular weight excluding hydrogens is 318 g/mol. The van der Waals surface area contributed by atoms with Gasteiger partial charge in [0, 0.05) is 19.7 Å². The molecule has 2 fully saturated rings. The second-order valence-electron chi connectivity index (χ2n) is 7.22. The van der Waals surface area contributed by atoms with Crippen LogP contribution in [-0.4, -0.2) is 49.9 Å². The number of pyridine rings is 1. The van der Waals surface area contributed by atoms with Crippen molar-refractivity contribution in [2.24, 2.45) is 11.8 Å². The highest BCUT2D eigenvalue weighted by Crippen LogP contribution is 2.28. The lowest BCUT2D eigenvalue weighted by Crippen LogP contribution is -2.41. The lowest BCUT2D eigenvalue weighted by Gasteiger charge is -2.33. The first-order valence-electron chi connectivity index (χ1n) is 9.29. The van der Waals surface area contributed by atoms with Crippen molar-refractivity contribution >= 4 is 17.4 Å². The number of aryl methyl sites for hydroxylation is 1. The number of morpholine rings is 1. The molecule has 1 N–H and O–H groups in total. The molecule has 138 valence electrons. The topological polar surface area (TPSA) is 63.7 Å². The van der Waals surface area contributed by atoms with Gasteiger partial charge in [-0.15, -0.1) is 0 Å². The van der Waals surface area contributed by atoms with Gasteiger partial charge in [-0.1, -0.05) is 13.8 Å². The minimum Gasteiger partial charge on any atom is -0.378 e. The Labute approximate surface area is 149 Å². The van der Waals surface area contributed by atoms with Crippen LogP contribution in [0.4, 0.5) is 11.5 Å². The second-order valence-corrected chi connectivity index (χ2v) is 7.22. The van der Waals surface area contributed by atoms with Gasteiger partial charge in [-0.25, -0.2) is 4.98 Å². The fourth-order valence-electron chi connectivity index (χ4n) is 3.61. The molecule has 1 aromatic heterocycles. The molecule has 2 aliphatic heterocycles. The number of aromatic nitrogens is 1. The minimum atomic E-state index is -0.0907. The summed E-state index contributed by atoms with van der Waals surface area (Å²) in [7, 11) is 0. The summed E-state index contributed by atoms with van der Waals surface area (Å²) in [6.07, 6.45) is 1.82. The van der Waals surface area contributed by atoms with Crippen LogP contribution in [0, 0.1) is 18.8 Å². The number of carbonyl (C=O) groups excluding carboxylic acids is 1. The van der Waals surface area contributed by atoms with E-state index in [0.29, 0.717) is 5.92 Å². The molecule has 1 amide bonds. The number of ether oxygens (including phenoxy) is 2. The predicted molar refractivity (Wildman–Crippen MR) is 97.9 cm³/mol. The standard InChI is InChI=1S/C19H29N3O3/c1-13(2)18-15(5-4-10-25-18)19(23)21-16-6-7-17(20-14(16)3)22-8-11-24-12-9-22/h6-7,13,15,18H,4-5,8-12H2,1-3H3,(H,21,23)/t15-,18-/m1/s1. The Bertz CT molecular complexity index is 600. The van der Waals surface area contributed by atoms with Gasteiger partial charge in [-0.05, 0) is 37.8 Å². The normalized spacial score (nSPS) is 24.4. The molecule has 3 heterocycles. The summed E-state index contributed by atoms with van der Waals surface area (Å²) in [5.41, 5.74) is 1.63. The molecular formula is C19H29N3O3. The van der Waals surface area contributed by atoms with Crippen LogP contribution < -0.4 is 10.2 Å². The van der Waals surface area contributed by atoms with E-state index in [1.54, 1.807) is 0 Å². The molecule has 0 spiro atoms. The summed E-state index contributed by atoms with van der Waals surface area (Å²) in [6.45, 7) is 10.1. The summed E-state index contributed by atoms with van der Waals surface area (Å²) < 4.78 is 11.2. The van der Waals surface area contributed by atoms with E-state index < -0.39 is 0 Å². The number of carbonyl (C=O) groups is 1. The lowest BCUT2D eigenvalue weighted by molar-refractivity contribution is -0.131. The van der Waals surface area contributed by atoms with Crippen LogP contribution in [0.5, 0.6) is 0 Å². The third-order valence-corrected chi connectivity index (χ3v) is 5.02. The van der Waals surface area contributed by atoms with E-state index in [4.69, 9.17) is 9.47 Å². The zero-order chi connectivity index (χ0) is 17.8. The minimum absolute atomic E-state index is 0.00496. The molecule has 0 bridgehead atoms. The summed E-state index contributed by atoms with van der Waals surface area (Å²) in [4.78, 5) is 19.7.